The molecule has 2 aromatic heterocycles. The lowest BCUT2D eigenvalue weighted by Gasteiger charge is -2.08. The smallest absolute Gasteiger partial charge is 0.262 e. The fraction of sp³-hybridized carbons (Fsp3) is 0.300. The Kier molecular flexibility index (Phi) is 6.54. The maximum absolute atomic E-state index is 12.6. The Labute approximate surface area is 167 Å². The van der Waals surface area contributed by atoms with Crippen LogP contribution in [0.3, 0.4) is 0 Å². The van der Waals surface area contributed by atoms with Gasteiger partial charge >= 0.3 is 0 Å². The molecule has 0 aliphatic heterocycles. The number of hydrogen-bond donors (Lipinski definition) is 2. The summed E-state index contributed by atoms with van der Waals surface area (Å²) in [6.45, 7) is 0.531. The van der Waals surface area contributed by atoms with Crippen molar-refractivity contribution in [1.82, 2.24) is 14.5 Å². The van der Waals surface area contributed by atoms with Crippen LogP contribution in [0.25, 0.3) is 10.9 Å². The van der Waals surface area contributed by atoms with Gasteiger partial charge in [-0.05, 0) is 43.3 Å². The molecule has 8 heteroatoms. The van der Waals surface area contributed by atoms with Crippen molar-refractivity contribution < 1.29 is 9.53 Å². The van der Waals surface area contributed by atoms with Crippen molar-refractivity contribution in [2.45, 2.75) is 32.2 Å². The highest BCUT2D eigenvalue weighted by Crippen LogP contribution is 2.12. The Bertz CT molecular complexity index is 1070. The van der Waals surface area contributed by atoms with Crippen LogP contribution in [0.2, 0.25) is 0 Å². The highest BCUT2D eigenvalue weighted by atomic mass is 32.1. The molecule has 0 bridgehead atoms. The molecule has 0 unspecified atom stereocenters. The summed E-state index contributed by atoms with van der Waals surface area (Å²) in [5.41, 5.74) is 1.31. The van der Waals surface area contributed by atoms with E-state index in [0.717, 1.165) is 24.8 Å². The van der Waals surface area contributed by atoms with Gasteiger partial charge in [0.15, 0.2) is 4.77 Å². The van der Waals surface area contributed by atoms with E-state index in [1.165, 1.54) is 0 Å². The largest absolute Gasteiger partial charge is 0.481 e. The number of hydrogen-bond acceptors (Lipinski definition) is 5. The van der Waals surface area contributed by atoms with Gasteiger partial charge in [-0.15, -0.1) is 0 Å². The highest BCUT2D eigenvalue weighted by molar-refractivity contribution is 7.71. The van der Waals surface area contributed by atoms with Crippen molar-refractivity contribution in [3.63, 3.8) is 0 Å². The summed E-state index contributed by atoms with van der Waals surface area (Å²) in [4.78, 5) is 31.7. The number of unbranched alkanes of at least 4 members (excludes halogenated alkanes) is 2. The van der Waals surface area contributed by atoms with Gasteiger partial charge in [0.05, 0.1) is 29.9 Å². The van der Waals surface area contributed by atoms with Crippen molar-refractivity contribution in [1.29, 1.82) is 0 Å². The minimum atomic E-state index is -0.0795. The van der Waals surface area contributed by atoms with E-state index in [0.29, 0.717) is 34.7 Å². The molecule has 0 saturated carbocycles. The number of benzene rings is 1. The lowest BCUT2D eigenvalue weighted by Crippen LogP contribution is -2.22. The summed E-state index contributed by atoms with van der Waals surface area (Å²) in [6.07, 6.45) is 4.29. The molecule has 0 radical (unpaired) electrons. The second kappa shape index (κ2) is 9.27. The minimum absolute atomic E-state index is 0.0628. The second-order valence-corrected chi connectivity index (χ2v) is 6.77. The Hall–Kier alpha value is -3.00. The number of methoxy groups -OCH3 is 1. The molecule has 146 valence electrons. The number of carbonyl (C=O) groups is 1. The quantitative estimate of drug-likeness (QED) is 0.446. The number of carbonyl (C=O) groups excluding carboxylic acids is 1. The van der Waals surface area contributed by atoms with Gasteiger partial charge in [-0.1, -0.05) is 18.6 Å². The maximum atomic E-state index is 12.6. The van der Waals surface area contributed by atoms with Crippen LogP contribution >= 0.6 is 12.2 Å². The van der Waals surface area contributed by atoms with Gasteiger partial charge in [0.1, 0.15) is 0 Å². The van der Waals surface area contributed by atoms with Crippen LogP contribution in [0.1, 0.15) is 25.7 Å². The Morgan fingerprint density at radius 1 is 1.21 bits per heavy atom. The number of fused-ring (bicyclic) bond motifs is 1. The van der Waals surface area contributed by atoms with Crippen molar-refractivity contribution >= 4 is 34.7 Å². The number of pyridine rings is 1. The first-order chi connectivity index (χ1) is 13.6. The molecule has 0 saturated heterocycles. The lowest BCUT2D eigenvalue weighted by molar-refractivity contribution is -0.116. The van der Waals surface area contributed by atoms with Crippen LogP contribution in [0.4, 0.5) is 5.69 Å². The summed E-state index contributed by atoms with van der Waals surface area (Å²) in [5, 5.41) is 3.43. The molecule has 0 atom stereocenters. The van der Waals surface area contributed by atoms with E-state index < -0.39 is 0 Å². The Balaban J connectivity index is 1.47. The number of nitrogens with zero attached hydrogens (tertiary/aromatic N) is 2. The number of aromatic nitrogens is 3. The monoisotopic (exact) mass is 398 g/mol. The second-order valence-electron chi connectivity index (χ2n) is 6.38. The molecule has 3 aromatic rings. The molecular formula is C20H22N4O3S. The van der Waals surface area contributed by atoms with Crippen molar-refractivity contribution in [2.75, 3.05) is 12.4 Å². The van der Waals surface area contributed by atoms with Gasteiger partial charge in [0.2, 0.25) is 11.8 Å². The molecule has 0 aliphatic carbocycles. The van der Waals surface area contributed by atoms with Crippen LogP contribution < -0.4 is 15.6 Å². The average molecular weight is 398 g/mol. The zero-order valence-corrected chi connectivity index (χ0v) is 16.4. The molecule has 0 fully saturated rings. The number of nitrogens with one attached hydrogen (secondary N) is 2. The van der Waals surface area contributed by atoms with Gasteiger partial charge < -0.3 is 15.0 Å². The Morgan fingerprint density at radius 3 is 2.79 bits per heavy atom. The minimum Gasteiger partial charge on any atom is -0.481 e. The molecule has 7 nitrogen and oxygen atoms in total. The van der Waals surface area contributed by atoms with E-state index in [9.17, 15) is 9.59 Å². The zero-order chi connectivity index (χ0) is 19.9. The first kappa shape index (κ1) is 19.8. The van der Waals surface area contributed by atoms with E-state index in [1.54, 1.807) is 36.1 Å². The maximum Gasteiger partial charge on any atom is 0.262 e. The first-order valence-electron chi connectivity index (χ1n) is 9.10. The fourth-order valence-electron chi connectivity index (χ4n) is 2.93. The standard InChI is InChI=1S/C20H22N4O3S/c1-27-18-11-10-14(13-21-18)22-17(25)9-3-2-6-12-24-19(26)15-7-4-5-8-16(15)23-20(24)28/h4-5,7-8,10-11,13H,2-3,6,9,12H2,1H3,(H,22,25)(H,23,28). The van der Waals surface area contributed by atoms with Gasteiger partial charge in [0.25, 0.3) is 5.56 Å². The number of rotatable bonds is 8. The molecule has 1 amide bonds. The van der Waals surface area contributed by atoms with E-state index in [4.69, 9.17) is 17.0 Å². The van der Waals surface area contributed by atoms with E-state index in [1.807, 2.05) is 18.2 Å². The molecule has 0 aliphatic rings. The predicted molar refractivity (Wildman–Crippen MR) is 111 cm³/mol. The third-order valence-electron chi connectivity index (χ3n) is 4.40. The summed E-state index contributed by atoms with van der Waals surface area (Å²) in [6, 6.07) is 10.8. The number of anilines is 1. The number of ether oxygens (including phenoxy) is 1. The average Bonchev–Trinajstić information content (AvgIpc) is 2.70. The van der Waals surface area contributed by atoms with Crippen molar-refractivity contribution in [3.8, 4) is 5.88 Å². The number of aromatic amines is 1. The zero-order valence-electron chi connectivity index (χ0n) is 15.6. The number of amides is 1. The third kappa shape index (κ3) is 4.83. The fourth-order valence-corrected chi connectivity index (χ4v) is 3.22. The molecule has 2 heterocycles. The molecule has 2 N–H and O–H groups in total. The topological polar surface area (TPSA) is 89.0 Å². The summed E-state index contributed by atoms with van der Waals surface area (Å²) < 4.78 is 6.99. The number of para-hydroxylation sites is 1. The Morgan fingerprint density at radius 2 is 2.04 bits per heavy atom. The normalized spacial score (nSPS) is 10.8. The van der Waals surface area contributed by atoms with Crippen molar-refractivity contribution in [3.05, 3.63) is 57.7 Å². The van der Waals surface area contributed by atoms with Crippen molar-refractivity contribution in [2.24, 2.45) is 0 Å². The van der Waals surface area contributed by atoms with Crippen LogP contribution in [0.15, 0.2) is 47.4 Å². The lowest BCUT2D eigenvalue weighted by atomic mass is 10.2. The van der Waals surface area contributed by atoms with Crippen LogP contribution in [-0.4, -0.2) is 27.6 Å². The molecule has 28 heavy (non-hydrogen) atoms. The van der Waals surface area contributed by atoms with E-state index >= 15 is 0 Å². The first-order valence-corrected chi connectivity index (χ1v) is 9.51. The SMILES string of the molecule is COc1ccc(NC(=O)CCCCCn2c(=S)[nH]c3ccccc3c2=O)cn1. The molecular weight excluding hydrogens is 376 g/mol. The summed E-state index contributed by atoms with van der Waals surface area (Å²) in [5.74, 6) is 0.437. The van der Waals surface area contributed by atoms with Gasteiger partial charge in [-0.2, -0.15) is 0 Å². The molecule has 1 aromatic carbocycles. The van der Waals surface area contributed by atoms with E-state index in [2.05, 4.69) is 15.3 Å². The van der Waals surface area contributed by atoms with Gasteiger partial charge in [-0.3, -0.25) is 14.2 Å². The highest BCUT2D eigenvalue weighted by Gasteiger charge is 2.06. The predicted octanol–water partition coefficient (Wildman–Crippen LogP) is 3.66. The van der Waals surface area contributed by atoms with E-state index in [-0.39, 0.29) is 11.5 Å². The van der Waals surface area contributed by atoms with Crippen LogP contribution in [0.5, 0.6) is 5.88 Å². The molecule has 3 rings (SSSR count). The van der Waals surface area contributed by atoms with Crippen LogP contribution in [0, 0.1) is 4.77 Å². The number of H-pyrrole nitrogens is 1. The summed E-state index contributed by atoms with van der Waals surface area (Å²) >= 11 is 5.31. The third-order valence-corrected chi connectivity index (χ3v) is 4.73. The van der Waals surface area contributed by atoms with Gasteiger partial charge in [-0.25, -0.2) is 4.98 Å². The summed E-state index contributed by atoms with van der Waals surface area (Å²) in [7, 11) is 1.54. The molecule has 0 spiro atoms. The van der Waals surface area contributed by atoms with Crippen LogP contribution in [-0.2, 0) is 11.3 Å². The van der Waals surface area contributed by atoms with Gasteiger partial charge in [0, 0.05) is 19.0 Å².